The van der Waals surface area contributed by atoms with Crippen LogP contribution in [0.2, 0.25) is 0 Å². The maximum atomic E-state index is 5.84. The maximum absolute atomic E-state index is 5.84. The molecule has 18 heavy (non-hydrogen) atoms. The van der Waals surface area contributed by atoms with Crippen molar-refractivity contribution in [2.75, 3.05) is 0 Å². The van der Waals surface area contributed by atoms with Gasteiger partial charge in [0.1, 0.15) is 0 Å². The van der Waals surface area contributed by atoms with E-state index in [0.717, 1.165) is 0 Å². The van der Waals surface area contributed by atoms with E-state index in [2.05, 4.69) is 0 Å². The van der Waals surface area contributed by atoms with Crippen LogP contribution in [0.3, 0.4) is 0 Å². The molecule has 0 saturated heterocycles. The zero-order valence-electron chi connectivity index (χ0n) is 12.4. The molecule has 0 radical (unpaired) electrons. The highest BCUT2D eigenvalue weighted by Crippen LogP contribution is 2.20. The van der Waals surface area contributed by atoms with Crippen LogP contribution in [0.15, 0.2) is 0 Å². The summed E-state index contributed by atoms with van der Waals surface area (Å²) in [5.74, 6) is 0. The van der Waals surface area contributed by atoms with E-state index in [1.165, 1.54) is 0 Å². The van der Waals surface area contributed by atoms with Gasteiger partial charge in [-0.05, 0) is 66.4 Å². The molecule has 0 heterocycles. The lowest BCUT2D eigenvalue weighted by Gasteiger charge is -2.33. The Labute approximate surface area is 118 Å². The van der Waals surface area contributed by atoms with Gasteiger partial charge < -0.3 is 17.7 Å². The number of rotatable bonds is 8. The molecule has 0 aliphatic rings. The fourth-order valence-electron chi connectivity index (χ4n) is 1.32. The van der Waals surface area contributed by atoms with E-state index in [0.29, 0.717) is 0 Å². The minimum absolute atomic E-state index is 0. The third-order valence-corrected chi connectivity index (χ3v) is 4.56. The Bertz CT molecular complexity index is 163. The van der Waals surface area contributed by atoms with Gasteiger partial charge in [-0.1, -0.05) is 0 Å². The number of hydrogen-bond acceptors (Lipinski definition) is 4. The molecule has 0 N–H and O–H groups in total. The fraction of sp³-hybridized carbons (Fsp3) is 1.00. The predicted octanol–water partition coefficient (Wildman–Crippen LogP) is 1.67. The average Bonchev–Trinajstić information content (AvgIpc) is 1.95. The average molecular weight is 297 g/mol. The molecule has 4 nitrogen and oxygen atoms in total. The monoisotopic (exact) mass is 296 g/mol. The Morgan fingerprint density at radius 3 is 0.778 bits per heavy atom. The van der Waals surface area contributed by atoms with Crippen LogP contribution in [-0.2, 0) is 17.7 Å². The Kier molecular flexibility index (Phi) is 10.5. The smallest absolute Gasteiger partial charge is 0.349 e. The summed E-state index contributed by atoms with van der Waals surface area (Å²) in [4.78, 5) is 0. The van der Waals surface area contributed by atoms with Crippen molar-refractivity contribution in [3.63, 3.8) is 0 Å². The summed E-state index contributed by atoms with van der Waals surface area (Å²) in [5, 5.41) is 0. The molecule has 0 aromatic rings. The molecule has 0 fully saturated rings. The molecular formula is C12H32O4Si2. The summed E-state index contributed by atoms with van der Waals surface area (Å²) in [7, 11) is -3.05. The Morgan fingerprint density at radius 2 is 0.667 bits per heavy atom. The van der Waals surface area contributed by atoms with E-state index in [9.17, 15) is 0 Å². The van der Waals surface area contributed by atoms with E-state index in [1.54, 1.807) is 0 Å². The van der Waals surface area contributed by atoms with Crippen LogP contribution in [0, 0.1) is 0 Å². The quantitative estimate of drug-likeness (QED) is 0.639. The molecule has 112 valence electrons. The highest BCUT2D eigenvalue weighted by molar-refractivity contribution is 6.53. The van der Waals surface area contributed by atoms with Crippen molar-refractivity contribution >= 4 is 20.0 Å². The molecule has 0 saturated carbocycles. The van der Waals surface area contributed by atoms with Crippen molar-refractivity contribution in [1.82, 2.24) is 0 Å². The molecule has 0 bridgehead atoms. The van der Waals surface area contributed by atoms with Crippen LogP contribution in [0.4, 0.5) is 0 Å². The predicted molar refractivity (Wildman–Crippen MR) is 82.0 cm³/mol. The van der Waals surface area contributed by atoms with Crippen molar-refractivity contribution < 1.29 is 17.7 Å². The third kappa shape index (κ3) is 9.24. The molecule has 0 unspecified atom stereocenters. The van der Waals surface area contributed by atoms with Crippen molar-refractivity contribution in [2.24, 2.45) is 0 Å². The van der Waals surface area contributed by atoms with Gasteiger partial charge in [-0.2, -0.15) is 0 Å². The van der Waals surface area contributed by atoms with Crippen LogP contribution in [0.5, 0.6) is 0 Å². The summed E-state index contributed by atoms with van der Waals surface area (Å²) >= 11 is 0. The summed E-state index contributed by atoms with van der Waals surface area (Å²) in [6.07, 6.45) is 0.0478. The Balaban J connectivity index is 0. The molecule has 0 aliphatic carbocycles. The molecule has 0 atom stereocenters. The lowest BCUT2D eigenvalue weighted by Crippen LogP contribution is -2.54. The van der Waals surface area contributed by atoms with E-state index in [4.69, 9.17) is 17.7 Å². The van der Waals surface area contributed by atoms with Gasteiger partial charge >= 0.3 is 9.05 Å². The summed E-state index contributed by atoms with van der Waals surface area (Å²) < 4.78 is 23.4. The summed E-state index contributed by atoms with van der Waals surface area (Å²) in [6.45, 7) is 15.7. The van der Waals surface area contributed by atoms with Crippen LogP contribution < -0.4 is 0 Å². The Hall–Kier alpha value is 0.274. The van der Waals surface area contributed by atoms with Crippen LogP contribution in [0.1, 0.15) is 55.4 Å². The lowest BCUT2D eigenvalue weighted by atomic mass is 10.5. The minimum atomic E-state index is -3.05. The SMILES string of the molecule is CC(C)O[Si](OC(C)C)(OC(C)C)OC(C)C.[SiH4]. The molecule has 0 spiro atoms. The summed E-state index contributed by atoms with van der Waals surface area (Å²) in [5.41, 5.74) is 0. The first kappa shape index (κ1) is 20.6. The van der Waals surface area contributed by atoms with E-state index in [1.807, 2.05) is 55.4 Å². The topological polar surface area (TPSA) is 36.9 Å². The van der Waals surface area contributed by atoms with Crippen LogP contribution in [-0.4, -0.2) is 44.4 Å². The van der Waals surface area contributed by atoms with Gasteiger partial charge in [0.25, 0.3) is 0 Å². The molecule has 6 heteroatoms. The molecule has 0 rings (SSSR count). The van der Waals surface area contributed by atoms with Gasteiger partial charge in [-0.25, -0.2) is 0 Å². The highest BCUT2D eigenvalue weighted by Gasteiger charge is 2.49. The second-order valence-electron chi connectivity index (χ2n) is 5.17. The number of hydrogen-bond donors (Lipinski definition) is 0. The van der Waals surface area contributed by atoms with Gasteiger partial charge in [0.15, 0.2) is 0 Å². The zero-order chi connectivity index (χ0) is 13.6. The lowest BCUT2D eigenvalue weighted by molar-refractivity contribution is -0.0858. The van der Waals surface area contributed by atoms with Crippen molar-refractivity contribution in [1.29, 1.82) is 0 Å². The van der Waals surface area contributed by atoms with Gasteiger partial charge in [0.2, 0.25) is 0 Å². The molecule has 0 aromatic carbocycles. The van der Waals surface area contributed by atoms with Crippen LogP contribution in [0.25, 0.3) is 0 Å². The first-order valence-electron chi connectivity index (χ1n) is 6.38. The highest BCUT2D eigenvalue weighted by atomic mass is 28.4. The van der Waals surface area contributed by atoms with Gasteiger partial charge in [0.05, 0.1) is 0 Å². The van der Waals surface area contributed by atoms with Crippen LogP contribution >= 0.6 is 0 Å². The van der Waals surface area contributed by atoms with Crippen molar-refractivity contribution in [3.05, 3.63) is 0 Å². The Morgan fingerprint density at radius 1 is 0.500 bits per heavy atom. The van der Waals surface area contributed by atoms with E-state index in [-0.39, 0.29) is 35.4 Å². The first-order valence-corrected chi connectivity index (χ1v) is 8.01. The zero-order valence-corrected chi connectivity index (χ0v) is 13.4. The first-order chi connectivity index (χ1) is 7.67. The van der Waals surface area contributed by atoms with Crippen molar-refractivity contribution in [2.45, 2.75) is 79.8 Å². The standard InChI is InChI=1S/C12H28O4Si.H4Si/c1-9(2)13-17(14-10(3)4,15-11(5)6)16-12(7)8;/h9-12H,1-8H3;1H4. The normalized spacial score (nSPS) is 12.7. The molecule has 0 amide bonds. The van der Waals surface area contributed by atoms with Gasteiger partial charge in [-0.15, -0.1) is 0 Å². The molecular weight excluding hydrogens is 264 g/mol. The second-order valence-corrected chi connectivity index (χ2v) is 7.11. The van der Waals surface area contributed by atoms with E-state index >= 15 is 0 Å². The second kappa shape index (κ2) is 9.22. The largest absolute Gasteiger partial charge is 0.680 e. The van der Waals surface area contributed by atoms with Gasteiger partial charge in [0, 0.05) is 24.4 Å². The van der Waals surface area contributed by atoms with E-state index < -0.39 is 9.05 Å². The summed E-state index contributed by atoms with van der Waals surface area (Å²) in [6, 6.07) is 0. The maximum Gasteiger partial charge on any atom is 0.680 e. The fourth-order valence-corrected chi connectivity index (χ4v) is 3.96. The minimum Gasteiger partial charge on any atom is -0.349 e. The molecule has 0 aliphatic heterocycles. The third-order valence-electron chi connectivity index (χ3n) is 1.52. The van der Waals surface area contributed by atoms with Gasteiger partial charge in [-0.3, -0.25) is 0 Å². The van der Waals surface area contributed by atoms with Crippen molar-refractivity contribution in [3.8, 4) is 0 Å². The molecule has 0 aromatic heterocycles.